The van der Waals surface area contributed by atoms with Crippen LogP contribution in [0.25, 0.3) is 5.69 Å². The van der Waals surface area contributed by atoms with Gasteiger partial charge in [-0.05, 0) is 52.8 Å². The van der Waals surface area contributed by atoms with Crippen molar-refractivity contribution in [3.63, 3.8) is 0 Å². The number of ether oxygens (including phenoxy) is 3. The molecule has 0 aliphatic heterocycles. The summed E-state index contributed by atoms with van der Waals surface area (Å²) in [6.45, 7) is 9.78. The predicted molar refractivity (Wildman–Crippen MR) is 119 cm³/mol. The molecule has 0 saturated carbocycles. The summed E-state index contributed by atoms with van der Waals surface area (Å²) in [7, 11) is 0. The molecule has 0 aromatic carbocycles. The molecule has 0 fully saturated rings. The van der Waals surface area contributed by atoms with Gasteiger partial charge in [-0.1, -0.05) is 0 Å². The second-order valence-corrected chi connectivity index (χ2v) is 8.06. The molecule has 0 saturated heterocycles. The van der Waals surface area contributed by atoms with Gasteiger partial charge in [-0.3, -0.25) is 4.98 Å². The lowest BCUT2D eigenvalue weighted by Crippen LogP contribution is -2.36. The van der Waals surface area contributed by atoms with E-state index in [1.807, 2.05) is 6.92 Å². The van der Waals surface area contributed by atoms with Crippen molar-refractivity contribution in [3.8, 4) is 23.1 Å². The fourth-order valence-electron chi connectivity index (χ4n) is 2.77. The average Bonchev–Trinajstić information content (AvgIpc) is 3.25. The van der Waals surface area contributed by atoms with Crippen molar-refractivity contribution in [1.29, 1.82) is 0 Å². The molecule has 3 rings (SSSR count). The Morgan fingerprint density at radius 2 is 2.06 bits per heavy atom. The van der Waals surface area contributed by atoms with Crippen LogP contribution < -0.4 is 14.8 Å². The normalized spacial score (nSPS) is 11.2. The van der Waals surface area contributed by atoms with Crippen LogP contribution in [0.4, 0.5) is 0 Å². The minimum atomic E-state index is -0.415. The van der Waals surface area contributed by atoms with E-state index in [-0.39, 0.29) is 5.54 Å². The van der Waals surface area contributed by atoms with Crippen molar-refractivity contribution in [2.75, 3.05) is 19.8 Å². The summed E-state index contributed by atoms with van der Waals surface area (Å²) in [5.41, 5.74) is 1.03. The SMILES string of the molecule is CCOc1cccnc1Oc1cncc(-n2cc(C(=O)OCCCNC(C)(C)C)cn2)c1. The first-order valence-electron chi connectivity index (χ1n) is 10.5. The van der Waals surface area contributed by atoms with Crippen molar-refractivity contribution in [2.24, 2.45) is 0 Å². The molecule has 1 N–H and O–H groups in total. The molecule has 3 heterocycles. The summed E-state index contributed by atoms with van der Waals surface area (Å²) in [5, 5.41) is 7.60. The average molecular weight is 440 g/mol. The Labute approximate surface area is 187 Å². The Bertz CT molecular complexity index is 1030. The third-order valence-corrected chi connectivity index (χ3v) is 4.24. The van der Waals surface area contributed by atoms with Crippen LogP contribution in [-0.2, 0) is 4.74 Å². The lowest BCUT2D eigenvalue weighted by Gasteiger charge is -2.20. The highest BCUT2D eigenvalue weighted by atomic mass is 16.5. The van der Waals surface area contributed by atoms with Crippen LogP contribution in [0, 0.1) is 0 Å². The molecule has 0 unspecified atom stereocenters. The summed E-state index contributed by atoms with van der Waals surface area (Å²) in [5.74, 6) is 0.941. The van der Waals surface area contributed by atoms with Gasteiger partial charge in [0.15, 0.2) is 5.75 Å². The van der Waals surface area contributed by atoms with Crippen molar-refractivity contribution < 1.29 is 19.0 Å². The number of carbonyl (C=O) groups excluding carboxylic acids is 1. The van der Waals surface area contributed by atoms with E-state index in [9.17, 15) is 4.79 Å². The zero-order valence-corrected chi connectivity index (χ0v) is 18.9. The van der Waals surface area contributed by atoms with Gasteiger partial charge in [0.2, 0.25) is 0 Å². The fraction of sp³-hybridized carbons (Fsp3) is 0.391. The lowest BCUT2D eigenvalue weighted by molar-refractivity contribution is 0.0499. The molecule has 0 radical (unpaired) electrons. The van der Waals surface area contributed by atoms with E-state index in [0.29, 0.717) is 41.8 Å². The first kappa shape index (κ1) is 23.2. The van der Waals surface area contributed by atoms with Gasteiger partial charge in [-0.15, -0.1) is 0 Å². The number of carbonyl (C=O) groups is 1. The molecule has 32 heavy (non-hydrogen) atoms. The molecule has 170 valence electrons. The summed E-state index contributed by atoms with van der Waals surface area (Å²) >= 11 is 0. The molecule has 3 aromatic heterocycles. The quantitative estimate of drug-likeness (QED) is 0.376. The van der Waals surface area contributed by atoms with E-state index >= 15 is 0 Å². The molecule has 0 spiro atoms. The van der Waals surface area contributed by atoms with Gasteiger partial charge in [-0.2, -0.15) is 5.10 Å². The van der Waals surface area contributed by atoms with E-state index in [1.165, 1.54) is 6.20 Å². The monoisotopic (exact) mass is 439 g/mol. The maximum atomic E-state index is 12.3. The summed E-state index contributed by atoms with van der Waals surface area (Å²) in [6, 6.07) is 5.31. The van der Waals surface area contributed by atoms with Gasteiger partial charge in [0.05, 0.1) is 43.1 Å². The third-order valence-electron chi connectivity index (χ3n) is 4.24. The van der Waals surface area contributed by atoms with Crippen molar-refractivity contribution >= 4 is 5.97 Å². The Morgan fingerprint density at radius 1 is 1.22 bits per heavy atom. The minimum Gasteiger partial charge on any atom is -0.488 e. The van der Waals surface area contributed by atoms with Crippen LogP contribution in [0.15, 0.2) is 49.2 Å². The number of nitrogens with zero attached hydrogens (tertiary/aromatic N) is 4. The Balaban J connectivity index is 1.61. The van der Waals surface area contributed by atoms with Crippen LogP contribution in [0.3, 0.4) is 0 Å². The van der Waals surface area contributed by atoms with Crippen molar-refractivity contribution in [2.45, 2.75) is 39.7 Å². The summed E-state index contributed by atoms with van der Waals surface area (Å²) < 4.78 is 18.3. The number of aromatic nitrogens is 4. The van der Waals surface area contributed by atoms with E-state index in [1.54, 1.807) is 47.7 Å². The number of hydrogen-bond donors (Lipinski definition) is 1. The van der Waals surface area contributed by atoms with Crippen LogP contribution in [0.1, 0.15) is 44.5 Å². The highest BCUT2D eigenvalue weighted by molar-refractivity contribution is 5.88. The van der Waals surface area contributed by atoms with Gasteiger partial charge < -0.3 is 19.5 Å². The number of pyridine rings is 2. The van der Waals surface area contributed by atoms with E-state index in [4.69, 9.17) is 14.2 Å². The van der Waals surface area contributed by atoms with Gasteiger partial charge >= 0.3 is 5.97 Å². The highest BCUT2D eigenvalue weighted by Crippen LogP contribution is 2.29. The molecule has 3 aromatic rings. The predicted octanol–water partition coefficient (Wildman–Crippen LogP) is 3.79. The maximum absolute atomic E-state index is 12.3. The molecule has 0 amide bonds. The molecule has 0 atom stereocenters. The fourth-order valence-corrected chi connectivity index (χ4v) is 2.77. The van der Waals surface area contributed by atoms with Crippen LogP contribution in [0.2, 0.25) is 0 Å². The first-order chi connectivity index (χ1) is 15.4. The van der Waals surface area contributed by atoms with E-state index in [0.717, 1.165) is 13.0 Å². The second-order valence-electron chi connectivity index (χ2n) is 8.06. The second kappa shape index (κ2) is 10.7. The number of hydrogen-bond acceptors (Lipinski definition) is 8. The third kappa shape index (κ3) is 6.78. The largest absolute Gasteiger partial charge is 0.488 e. The molecular weight excluding hydrogens is 410 g/mol. The smallest absolute Gasteiger partial charge is 0.341 e. The molecule has 0 aliphatic rings. The zero-order chi connectivity index (χ0) is 23.0. The maximum Gasteiger partial charge on any atom is 0.341 e. The topological polar surface area (TPSA) is 100 Å². The van der Waals surface area contributed by atoms with E-state index < -0.39 is 5.97 Å². The Hall–Kier alpha value is -3.46. The van der Waals surface area contributed by atoms with Gasteiger partial charge in [0.25, 0.3) is 5.88 Å². The van der Waals surface area contributed by atoms with Crippen molar-refractivity contribution in [1.82, 2.24) is 25.1 Å². The lowest BCUT2D eigenvalue weighted by atomic mass is 10.1. The number of rotatable bonds is 10. The first-order valence-corrected chi connectivity index (χ1v) is 10.5. The van der Waals surface area contributed by atoms with Crippen LogP contribution >= 0.6 is 0 Å². The van der Waals surface area contributed by atoms with Gasteiger partial charge in [0.1, 0.15) is 5.75 Å². The zero-order valence-electron chi connectivity index (χ0n) is 18.9. The standard InChI is InChI=1S/C23H29N5O4/c1-5-30-20-8-6-9-25-21(20)32-19-12-18(14-24-15-19)28-16-17(13-27-28)22(29)31-11-7-10-26-23(2,3)4/h6,8-9,12-16,26H,5,7,10-11H2,1-4H3. The molecule has 9 nitrogen and oxygen atoms in total. The van der Waals surface area contributed by atoms with Crippen LogP contribution in [0.5, 0.6) is 17.4 Å². The molecular formula is C23H29N5O4. The van der Waals surface area contributed by atoms with E-state index in [2.05, 4.69) is 41.2 Å². The minimum absolute atomic E-state index is 0.0403. The van der Waals surface area contributed by atoms with Crippen molar-refractivity contribution in [3.05, 3.63) is 54.7 Å². The number of esters is 1. The van der Waals surface area contributed by atoms with Gasteiger partial charge in [-0.25, -0.2) is 14.5 Å². The highest BCUT2D eigenvalue weighted by Gasteiger charge is 2.13. The molecule has 0 bridgehead atoms. The summed E-state index contributed by atoms with van der Waals surface area (Å²) in [4.78, 5) is 20.7. The van der Waals surface area contributed by atoms with Gasteiger partial charge in [0, 0.05) is 24.0 Å². The number of nitrogens with one attached hydrogen (secondary N) is 1. The van der Waals surface area contributed by atoms with Crippen LogP contribution in [-0.4, -0.2) is 51.0 Å². The Kier molecular flexibility index (Phi) is 7.77. The molecule has 0 aliphatic carbocycles. The Morgan fingerprint density at radius 3 is 2.84 bits per heavy atom. The summed E-state index contributed by atoms with van der Waals surface area (Å²) in [6.07, 6.45) is 8.61. The molecule has 9 heteroatoms.